The molecule has 1 rings (SSSR count). The molecule has 4 heteroatoms. The van der Waals surface area contributed by atoms with Gasteiger partial charge in [0, 0.05) is 21.1 Å². The number of hydrogen-bond donors (Lipinski definition) is 1. The van der Waals surface area contributed by atoms with Crippen LogP contribution in [0, 0.1) is 5.92 Å². The molecule has 2 N–H and O–H groups in total. The zero-order valence-corrected chi connectivity index (χ0v) is 9.99. The molecular weight excluding hydrogens is 194 g/mol. The van der Waals surface area contributed by atoms with Crippen molar-refractivity contribution in [2.24, 2.45) is 11.7 Å². The fraction of sp³-hybridized carbons (Fsp3) is 1.00. The summed E-state index contributed by atoms with van der Waals surface area (Å²) in [6.45, 7) is 2.41. The summed E-state index contributed by atoms with van der Waals surface area (Å²) in [7, 11) is 3.34. The van der Waals surface area contributed by atoms with Gasteiger partial charge in [0.2, 0.25) is 5.91 Å². The smallest absolute Gasteiger partial charge is 0.221 e. The van der Waals surface area contributed by atoms with Crippen LogP contribution >= 0.6 is 0 Å². The van der Waals surface area contributed by atoms with Crippen molar-refractivity contribution in [2.75, 3.05) is 20.8 Å². The summed E-state index contributed by atoms with van der Waals surface area (Å²) in [5, 5.41) is 0. The topological polar surface area (TPSA) is 53.7 Å². The number of rotatable bonds is 5. The van der Waals surface area contributed by atoms with E-state index in [1.54, 1.807) is 21.1 Å². The van der Waals surface area contributed by atoms with Crippen molar-refractivity contribution in [3.05, 3.63) is 0 Å². The summed E-state index contributed by atoms with van der Waals surface area (Å²) in [4.78, 5) is 0. The van der Waals surface area contributed by atoms with Gasteiger partial charge in [0.05, 0.1) is 12.7 Å². The minimum Gasteiger partial charge on any atom is -0.381 e. The predicted octanol–water partition coefficient (Wildman–Crippen LogP) is 1.49. The molecule has 1 unspecified atom stereocenters. The minimum absolute atomic E-state index is 0.438. The number of ether oxygens (including phenoxy) is 3. The molecule has 90 valence electrons. The van der Waals surface area contributed by atoms with Crippen molar-refractivity contribution >= 4 is 0 Å². The standard InChI is InChI=1S/C11H23NO3/c1-11(12,14-3)15-8-9-4-6-10(13-2)7-5-9/h9-10H,4-8,12H2,1-3H3. The summed E-state index contributed by atoms with van der Waals surface area (Å²) >= 11 is 0. The summed E-state index contributed by atoms with van der Waals surface area (Å²) in [6.07, 6.45) is 4.99. The molecule has 0 heterocycles. The van der Waals surface area contributed by atoms with Gasteiger partial charge in [-0.3, -0.25) is 5.73 Å². The summed E-state index contributed by atoms with van der Waals surface area (Å²) in [5.41, 5.74) is 5.72. The van der Waals surface area contributed by atoms with Gasteiger partial charge in [-0.05, 0) is 31.6 Å². The van der Waals surface area contributed by atoms with E-state index in [4.69, 9.17) is 19.9 Å². The van der Waals surface area contributed by atoms with Crippen molar-refractivity contribution in [1.29, 1.82) is 0 Å². The second-order valence-corrected chi connectivity index (χ2v) is 4.41. The predicted molar refractivity (Wildman–Crippen MR) is 58.3 cm³/mol. The first-order chi connectivity index (χ1) is 7.07. The molecule has 15 heavy (non-hydrogen) atoms. The Hall–Kier alpha value is -0.160. The molecule has 1 saturated carbocycles. The molecule has 0 amide bonds. The van der Waals surface area contributed by atoms with Crippen LogP contribution in [0.4, 0.5) is 0 Å². The summed E-state index contributed by atoms with van der Waals surface area (Å²) < 4.78 is 15.8. The van der Waals surface area contributed by atoms with Gasteiger partial charge in [0.15, 0.2) is 0 Å². The largest absolute Gasteiger partial charge is 0.381 e. The van der Waals surface area contributed by atoms with E-state index in [9.17, 15) is 0 Å². The first-order valence-electron chi connectivity index (χ1n) is 5.58. The van der Waals surface area contributed by atoms with Crippen molar-refractivity contribution in [2.45, 2.75) is 44.6 Å². The van der Waals surface area contributed by atoms with Crippen LogP contribution in [0.1, 0.15) is 32.6 Å². The Morgan fingerprint density at radius 1 is 1.20 bits per heavy atom. The van der Waals surface area contributed by atoms with Crippen molar-refractivity contribution in [3.8, 4) is 0 Å². The van der Waals surface area contributed by atoms with Crippen LogP contribution in [0.5, 0.6) is 0 Å². The molecule has 0 saturated heterocycles. The van der Waals surface area contributed by atoms with Gasteiger partial charge < -0.3 is 14.2 Å². The first kappa shape index (κ1) is 12.9. The minimum atomic E-state index is -0.946. The van der Waals surface area contributed by atoms with Crippen LogP contribution in [0.2, 0.25) is 0 Å². The van der Waals surface area contributed by atoms with E-state index >= 15 is 0 Å². The van der Waals surface area contributed by atoms with Crippen molar-refractivity contribution in [1.82, 2.24) is 0 Å². The maximum Gasteiger partial charge on any atom is 0.221 e. The third-order valence-corrected chi connectivity index (χ3v) is 3.14. The average Bonchev–Trinajstić information content (AvgIpc) is 2.27. The van der Waals surface area contributed by atoms with Gasteiger partial charge in [-0.15, -0.1) is 0 Å². The van der Waals surface area contributed by atoms with Gasteiger partial charge in [0.25, 0.3) is 0 Å². The zero-order valence-electron chi connectivity index (χ0n) is 9.99. The van der Waals surface area contributed by atoms with Crippen LogP contribution in [0.15, 0.2) is 0 Å². The highest BCUT2D eigenvalue weighted by molar-refractivity contribution is 4.72. The highest BCUT2D eigenvalue weighted by Crippen LogP contribution is 2.26. The normalized spacial score (nSPS) is 31.2. The van der Waals surface area contributed by atoms with E-state index in [-0.39, 0.29) is 0 Å². The molecule has 0 aromatic carbocycles. The maximum atomic E-state index is 5.72. The Kier molecular flexibility index (Phi) is 4.99. The molecule has 0 aliphatic heterocycles. The van der Waals surface area contributed by atoms with Gasteiger partial charge in [-0.1, -0.05) is 0 Å². The molecule has 1 aliphatic carbocycles. The van der Waals surface area contributed by atoms with Crippen LogP contribution in [-0.4, -0.2) is 32.8 Å². The lowest BCUT2D eigenvalue weighted by Gasteiger charge is -2.30. The van der Waals surface area contributed by atoms with Gasteiger partial charge >= 0.3 is 0 Å². The third kappa shape index (κ3) is 4.47. The van der Waals surface area contributed by atoms with E-state index in [2.05, 4.69) is 0 Å². The molecule has 1 atom stereocenters. The molecule has 1 aliphatic rings. The third-order valence-electron chi connectivity index (χ3n) is 3.14. The summed E-state index contributed by atoms with van der Waals surface area (Å²) in [6, 6.07) is 0. The van der Waals surface area contributed by atoms with E-state index < -0.39 is 5.91 Å². The van der Waals surface area contributed by atoms with Gasteiger partial charge in [0.1, 0.15) is 0 Å². The molecule has 0 bridgehead atoms. The van der Waals surface area contributed by atoms with E-state index in [0.717, 1.165) is 25.7 Å². The van der Waals surface area contributed by atoms with Crippen LogP contribution in [0.25, 0.3) is 0 Å². The van der Waals surface area contributed by atoms with Gasteiger partial charge in [-0.2, -0.15) is 0 Å². The number of hydrogen-bond acceptors (Lipinski definition) is 4. The second-order valence-electron chi connectivity index (χ2n) is 4.41. The highest BCUT2D eigenvalue weighted by Gasteiger charge is 2.24. The van der Waals surface area contributed by atoms with Gasteiger partial charge in [-0.25, -0.2) is 0 Å². The fourth-order valence-corrected chi connectivity index (χ4v) is 1.88. The van der Waals surface area contributed by atoms with Crippen LogP contribution in [-0.2, 0) is 14.2 Å². The Balaban J connectivity index is 2.19. The van der Waals surface area contributed by atoms with E-state index in [1.165, 1.54) is 0 Å². The molecule has 0 radical (unpaired) electrons. The highest BCUT2D eigenvalue weighted by atomic mass is 16.7. The van der Waals surface area contributed by atoms with Crippen LogP contribution in [0.3, 0.4) is 0 Å². The van der Waals surface area contributed by atoms with E-state index in [0.29, 0.717) is 18.6 Å². The second kappa shape index (κ2) is 5.80. The SMILES string of the molecule is COC1CCC(COC(C)(N)OC)CC1. The lowest BCUT2D eigenvalue weighted by Crippen LogP contribution is -2.42. The Bertz CT molecular complexity index is 177. The first-order valence-corrected chi connectivity index (χ1v) is 5.58. The molecule has 1 fully saturated rings. The maximum absolute atomic E-state index is 5.72. The lowest BCUT2D eigenvalue weighted by atomic mass is 9.88. The molecular formula is C11H23NO3. The van der Waals surface area contributed by atoms with Crippen molar-refractivity contribution in [3.63, 3.8) is 0 Å². The summed E-state index contributed by atoms with van der Waals surface area (Å²) in [5.74, 6) is -0.354. The lowest BCUT2D eigenvalue weighted by molar-refractivity contribution is -0.214. The Morgan fingerprint density at radius 2 is 1.80 bits per heavy atom. The number of nitrogens with two attached hydrogens (primary N) is 1. The van der Waals surface area contributed by atoms with Crippen molar-refractivity contribution < 1.29 is 14.2 Å². The quantitative estimate of drug-likeness (QED) is 0.709. The molecule has 0 aromatic heterocycles. The molecule has 0 spiro atoms. The van der Waals surface area contributed by atoms with E-state index in [1.807, 2.05) is 0 Å². The Labute approximate surface area is 92.1 Å². The molecule has 4 nitrogen and oxygen atoms in total. The number of methoxy groups -OCH3 is 2. The van der Waals surface area contributed by atoms with Crippen LogP contribution < -0.4 is 5.73 Å². The fourth-order valence-electron chi connectivity index (χ4n) is 1.88. The molecule has 0 aromatic rings. The monoisotopic (exact) mass is 217 g/mol. The Morgan fingerprint density at radius 3 is 2.27 bits per heavy atom. The average molecular weight is 217 g/mol. The zero-order chi connectivity index (χ0) is 11.3.